The van der Waals surface area contributed by atoms with E-state index in [0.29, 0.717) is 0 Å². The van der Waals surface area contributed by atoms with Crippen molar-refractivity contribution in [2.45, 2.75) is 19.6 Å². The monoisotopic (exact) mass is 353 g/mol. The molecule has 4 rings (SSSR count). The Morgan fingerprint density at radius 1 is 1.08 bits per heavy atom. The first kappa shape index (κ1) is 17.3. The Hall–Kier alpha value is -2.15. The number of aliphatic hydroxyl groups excluding tert-OH is 1. The number of hydrogen-bond donors (Lipinski definition) is 1. The minimum atomic E-state index is -0.527. The molecule has 0 aromatic carbocycles. The fourth-order valence-corrected chi connectivity index (χ4v) is 3.66. The number of fused-ring (bicyclic) bond motifs is 1. The zero-order chi connectivity index (χ0) is 18.1. The highest BCUT2D eigenvalue weighted by atomic mass is 16.3. The van der Waals surface area contributed by atoms with Gasteiger partial charge in [0.25, 0.3) is 0 Å². The second kappa shape index (κ2) is 7.23. The number of piperazine rings is 1. The van der Waals surface area contributed by atoms with Gasteiger partial charge in [-0.2, -0.15) is 5.10 Å². The molecule has 3 aromatic rings. The van der Waals surface area contributed by atoms with Crippen molar-refractivity contribution in [3.8, 4) is 11.4 Å². The van der Waals surface area contributed by atoms with Gasteiger partial charge in [-0.25, -0.2) is 0 Å². The van der Waals surface area contributed by atoms with Crippen molar-refractivity contribution in [3.63, 3.8) is 0 Å². The van der Waals surface area contributed by atoms with Crippen LogP contribution >= 0.6 is 0 Å². The number of rotatable bonds is 5. The Balaban J connectivity index is 1.54. The van der Waals surface area contributed by atoms with Crippen LogP contribution in [0.15, 0.2) is 42.7 Å². The molecule has 6 heteroatoms. The van der Waals surface area contributed by atoms with Gasteiger partial charge in [0.05, 0.1) is 18.3 Å². The zero-order valence-electron chi connectivity index (χ0n) is 15.5. The second-order valence-corrected chi connectivity index (χ2v) is 7.23. The van der Waals surface area contributed by atoms with Gasteiger partial charge in [-0.1, -0.05) is 6.07 Å². The van der Waals surface area contributed by atoms with E-state index in [-0.39, 0.29) is 0 Å². The lowest BCUT2D eigenvalue weighted by molar-refractivity contribution is 0.149. The minimum Gasteiger partial charge on any atom is -0.389 e. The Morgan fingerprint density at radius 2 is 1.88 bits per heavy atom. The van der Waals surface area contributed by atoms with Gasteiger partial charge < -0.3 is 14.4 Å². The summed E-state index contributed by atoms with van der Waals surface area (Å²) in [6.07, 6.45) is 3.54. The smallest absolute Gasteiger partial charge is 0.109 e. The standard InChI is InChI=1S/C20H27N5O/c1-16(26)18-15-17-5-3-4-7-25(17)20(18)19-6-8-24(21-19)14-13-23-11-9-22(2)10-12-23/h3-8,15-16,26H,9-14H2,1-2H3. The lowest BCUT2D eigenvalue weighted by Crippen LogP contribution is -2.45. The highest BCUT2D eigenvalue weighted by molar-refractivity contribution is 5.69. The fraction of sp³-hybridized carbons (Fsp3) is 0.450. The number of aliphatic hydroxyl groups is 1. The van der Waals surface area contributed by atoms with Crippen molar-refractivity contribution >= 4 is 5.52 Å². The third kappa shape index (κ3) is 3.40. The van der Waals surface area contributed by atoms with E-state index in [4.69, 9.17) is 5.10 Å². The van der Waals surface area contributed by atoms with Crippen molar-refractivity contribution in [2.75, 3.05) is 39.8 Å². The van der Waals surface area contributed by atoms with Gasteiger partial charge >= 0.3 is 0 Å². The molecule has 4 heterocycles. The molecular weight excluding hydrogens is 326 g/mol. The molecule has 0 saturated carbocycles. The van der Waals surface area contributed by atoms with Crippen LogP contribution in [0.5, 0.6) is 0 Å². The van der Waals surface area contributed by atoms with Crippen molar-refractivity contribution in [2.24, 2.45) is 0 Å². The highest BCUT2D eigenvalue weighted by Crippen LogP contribution is 2.30. The molecule has 1 unspecified atom stereocenters. The Kier molecular flexibility index (Phi) is 4.80. The quantitative estimate of drug-likeness (QED) is 0.763. The van der Waals surface area contributed by atoms with Crippen LogP contribution in [0.1, 0.15) is 18.6 Å². The molecule has 1 saturated heterocycles. The number of aromatic nitrogens is 3. The first-order chi connectivity index (χ1) is 12.6. The molecule has 138 valence electrons. The third-order valence-corrected chi connectivity index (χ3v) is 5.28. The summed E-state index contributed by atoms with van der Waals surface area (Å²) in [4.78, 5) is 4.87. The number of hydrogen-bond acceptors (Lipinski definition) is 4. The normalized spacial score (nSPS) is 17.8. The van der Waals surface area contributed by atoms with E-state index in [9.17, 15) is 5.11 Å². The molecule has 0 aliphatic carbocycles. The van der Waals surface area contributed by atoms with Crippen molar-refractivity contribution < 1.29 is 5.11 Å². The molecule has 0 bridgehead atoms. The van der Waals surface area contributed by atoms with Gasteiger partial charge in [-0.15, -0.1) is 0 Å². The van der Waals surface area contributed by atoms with E-state index in [0.717, 1.165) is 61.7 Å². The van der Waals surface area contributed by atoms with Crippen molar-refractivity contribution in [1.29, 1.82) is 0 Å². The van der Waals surface area contributed by atoms with Crippen LogP contribution in [0.3, 0.4) is 0 Å². The van der Waals surface area contributed by atoms with Crippen molar-refractivity contribution in [3.05, 3.63) is 48.3 Å². The molecule has 0 radical (unpaired) electrons. The fourth-order valence-electron chi connectivity index (χ4n) is 3.66. The summed E-state index contributed by atoms with van der Waals surface area (Å²) in [5.41, 5.74) is 3.88. The van der Waals surface area contributed by atoms with Crippen LogP contribution in [0, 0.1) is 0 Å². The average molecular weight is 353 g/mol. The predicted molar refractivity (Wildman–Crippen MR) is 103 cm³/mol. The first-order valence-electron chi connectivity index (χ1n) is 9.34. The van der Waals surface area contributed by atoms with E-state index < -0.39 is 6.10 Å². The summed E-state index contributed by atoms with van der Waals surface area (Å²) in [5, 5.41) is 15.0. The van der Waals surface area contributed by atoms with Crippen LogP contribution in [0.2, 0.25) is 0 Å². The summed E-state index contributed by atoms with van der Waals surface area (Å²) in [6.45, 7) is 8.24. The van der Waals surface area contributed by atoms with Gasteiger partial charge in [0.15, 0.2) is 0 Å². The number of likely N-dealkylation sites (N-methyl/N-ethyl adjacent to an activating group) is 1. The largest absolute Gasteiger partial charge is 0.389 e. The Morgan fingerprint density at radius 3 is 2.65 bits per heavy atom. The van der Waals surface area contributed by atoms with Gasteiger partial charge in [0, 0.05) is 56.2 Å². The molecule has 3 aromatic heterocycles. The topological polar surface area (TPSA) is 48.9 Å². The van der Waals surface area contributed by atoms with Gasteiger partial charge in [0.1, 0.15) is 5.69 Å². The maximum atomic E-state index is 10.2. The van der Waals surface area contributed by atoms with Gasteiger partial charge in [0.2, 0.25) is 0 Å². The van der Waals surface area contributed by atoms with Crippen LogP contribution in [0.4, 0.5) is 0 Å². The Labute approximate surface area is 154 Å². The van der Waals surface area contributed by atoms with Gasteiger partial charge in [-0.05, 0) is 38.2 Å². The molecule has 1 N–H and O–H groups in total. The molecule has 1 atom stereocenters. The Bertz CT molecular complexity index is 873. The van der Waals surface area contributed by atoms with Gasteiger partial charge in [-0.3, -0.25) is 9.58 Å². The molecule has 1 fully saturated rings. The highest BCUT2D eigenvalue weighted by Gasteiger charge is 2.18. The third-order valence-electron chi connectivity index (χ3n) is 5.28. The van der Waals surface area contributed by atoms with E-state index in [1.165, 1.54) is 0 Å². The molecule has 1 aliphatic rings. The molecule has 26 heavy (non-hydrogen) atoms. The van der Waals surface area contributed by atoms with Crippen LogP contribution in [0.25, 0.3) is 16.9 Å². The lowest BCUT2D eigenvalue weighted by atomic mass is 10.1. The molecular formula is C20H27N5O. The zero-order valence-corrected chi connectivity index (χ0v) is 15.5. The number of pyridine rings is 1. The maximum absolute atomic E-state index is 10.2. The molecule has 6 nitrogen and oxygen atoms in total. The SMILES string of the molecule is CC(O)c1cc2ccccn2c1-c1ccn(CCN2CCN(C)CC2)n1. The van der Waals surface area contributed by atoms with Crippen LogP contribution in [-0.2, 0) is 6.54 Å². The average Bonchev–Trinajstić information content (AvgIpc) is 3.25. The van der Waals surface area contributed by atoms with Crippen LogP contribution in [-0.4, -0.2) is 68.9 Å². The summed E-state index contributed by atoms with van der Waals surface area (Å²) in [6, 6.07) is 10.2. The maximum Gasteiger partial charge on any atom is 0.109 e. The van der Waals surface area contributed by atoms with E-state index in [1.54, 1.807) is 0 Å². The molecule has 1 aliphatic heterocycles. The summed E-state index contributed by atoms with van der Waals surface area (Å²) in [7, 11) is 2.18. The molecule has 0 spiro atoms. The summed E-state index contributed by atoms with van der Waals surface area (Å²) >= 11 is 0. The number of nitrogens with zero attached hydrogens (tertiary/aromatic N) is 5. The molecule has 0 amide bonds. The van der Waals surface area contributed by atoms with E-state index in [1.807, 2.05) is 48.3 Å². The van der Waals surface area contributed by atoms with E-state index >= 15 is 0 Å². The predicted octanol–water partition coefficient (Wildman–Crippen LogP) is 2.10. The summed E-state index contributed by atoms with van der Waals surface area (Å²) < 4.78 is 4.12. The van der Waals surface area contributed by atoms with Crippen molar-refractivity contribution in [1.82, 2.24) is 24.0 Å². The summed E-state index contributed by atoms with van der Waals surface area (Å²) in [5.74, 6) is 0. The minimum absolute atomic E-state index is 0.527. The lowest BCUT2D eigenvalue weighted by Gasteiger charge is -2.32. The van der Waals surface area contributed by atoms with Crippen LogP contribution < -0.4 is 0 Å². The van der Waals surface area contributed by atoms with E-state index in [2.05, 4.69) is 27.3 Å². The second-order valence-electron chi connectivity index (χ2n) is 7.23. The first-order valence-corrected chi connectivity index (χ1v) is 9.34.